The van der Waals surface area contributed by atoms with Gasteiger partial charge in [-0.05, 0) is 30.2 Å². The number of thioether (sulfide) groups is 1. The van der Waals surface area contributed by atoms with Crippen molar-refractivity contribution in [1.29, 1.82) is 0 Å². The second-order valence-electron chi connectivity index (χ2n) is 4.11. The summed E-state index contributed by atoms with van der Waals surface area (Å²) in [6.07, 6.45) is 3.52. The molecule has 3 nitrogen and oxygen atoms in total. The number of aliphatic hydroxyl groups excluding tert-OH is 1. The van der Waals surface area contributed by atoms with E-state index in [0.29, 0.717) is 16.5 Å². The number of nitrogens with zero attached hydrogens (tertiary/aromatic N) is 2. The molecular weight excluding hydrogens is 275 g/mol. The summed E-state index contributed by atoms with van der Waals surface area (Å²) < 4.78 is 13.5. The van der Waals surface area contributed by atoms with Gasteiger partial charge in [-0.2, -0.15) is 0 Å². The average Bonchev–Trinajstić information content (AvgIpc) is 2.46. The van der Waals surface area contributed by atoms with E-state index in [-0.39, 0.29) is 12.4 Å². The van der Waals surface area contributed by atoms with Gasteiger partial charge in [0.25, 0.3) is 0 Å². The molecule has 1 N–H and O–H groups in total. The molecular formula is C15H13FN2OS. The zero-order valence-corrected chi connectivity index (χ0v) is 11.7. The maximum atomic E-state index is 13.5. The second kappa shape index (κ2) is 7.04. The van der Waals surface area contributed by atoms with E-state index in [1.807, 2.05) is 6.92 Å². The van der Waals surface area contributed by atoms with E-state index in [0.717, 1.165) is 11.1 Å². The molecule has 1 heterocycles. The maximum absolute atomic E-state index is 13.5. The van der Waals surface area contributed by atoms with Crippen LogP contribution in [0.5, 0.6) is 0 Å². The summed E-state index contributed by atoms with van der Waals surface area (Å²) >= 11 is 1.48. The zero-order valence-electron chi connectivity index (χ0n) is 10.9. The zero-order chi connectivity index (χ0) is 14.4. The van der Waals surface area contributed by atoms with Crippen LogP contribution in [0.4, 0.5) is 4.39 Å². The predicted octanol–water partition coefficient (Wildman–Crippen LogP) is 2.56. The molecule has 1 aromatic carbocycles. The van der Waals surface area contributed by atoms with Crippen molar-refractivity contribution in [3.63, 3.8) is 0 Å². The number of aromatic nitrogens is 2. The van der Waals surface area contributed by atoms with Crippen molar-refractivity contribution in [3.05, 3.63) is 53.1 Å². The number of aliphatic hydroxyl groups is 1. The standard InChI is InChI=1S/C15H13FN2OS/c1-11-8-17-15(18-9-11)20-10-12-4-5-14(16)13(7-12)3-2-6-19/h4-5,7-9,19H,6,10H2,1H3. The average molecular weight is 288 g/mol. The lowest BCUT2D eigenvalue weighted by molar-refractivity contribution is 0.350. The maximum Gasteiger partial charge on any atom is 0.187 e. The lowest BCUT2D eigenvalue weighted by Crippen LogP contribution is -1.91. The monoisotopic (exact) mass is 288 g/mol. The van der Waals surface area contributed by atoms with E-state index < -0.39 is 0 Å². The topological polar surface area (TPSA) is 46.0 Å². The third kappa shape index (κ3) is 4.05. The molecule has 0 aliphatic carbocycles. The molecule has 0 aliphatic heterocycles. The Morgan fingerprint density at radius 3 is 2.75 bits per heavy atom. The Kier molecular flexibility index (Phi) is 5.10. The van der Waals surface area contributed by atoms with Gasteiger partial charge in [-0.1, -0.05) is 29.7 Å². The lowest BCUT2D eigenvalue weighted by Gasteiger charge is -2.03. The van der Waals surface area contributed by atoms with Crippen LogP contribution in [-0.4, -0.2) is 21.7 Å². The Morgan fingerprint density at radius 1 is 1.30 bits per heavy atom. The predicted molar refractivity (Wildman–Crippen MR) is 76.7 cm³/mol. The fraction of sp³-hybridized carbons (Fsp3) is 0.200. The van der Waals surface area contributed by atoms with Crippen molar-refractivity contribution < 1.29 is 9.50 Å². The number of benzene rings is 1. The van der Waals surface area contributed by atoms with Gasteiger partial charge in [-0.3, -0.25) is 0 Å². The van der Waals surface area contributed by atoms with Gasteiger partial charge in [0.15, 0.2) is 5.16 Å². The van der Waals surface area contributed by atoms with E-state index >= 15 is 0 Å². The molecule has 0 aliphatic rings. The van der Waals surface area contributed by atoms with E-state index in [2.05, 4.69) is 21.8 Å². The summed E-state index contributed by atoms with van der Waals surface area (Å²) in [6, 6.07) is 4.77. The molecule has 0 spiro atoms. The Morgan fingerprint density at radius 2 is 2.05 bits per heavy atom. The smallest absolute Gasteiger partial charge is 0.187 e. The van der Waals surface area contributed by atoms with Crippen molar-refractivity contribution in [2.45, 2.75) is 17.8 Å². The normalized spacial score (nSPS) is 9.95. The molecule has 0 atom stereocenters. The van der Waals surface area contributed by atoms with Gasteiger partial charge in [0.05, 0.1) is 5.56 Å². The summed E-state index contributed by atoms with van der Waals surface area (Å²) in [5, 5.41) is 9.33. The highest BCUT2D eigenvalue weighted by molar-refractivity contribution is 7.98. The fourth-order valence-electron chi connectivity index (χ4n) is 1.50. The van der Waals surface area contributed by atoms with E-state index in [1.54, 1.807) is 24.5 Å². The molecule has 102 valence electrons. The number of hydrogen-bond acceptors (Lipinski definition) is 4. The lowest BCUT2D eigenvalue weighted by atomic mass is 10.1. The first-order chi connectivity index (χ1) is 9.69. The fourth-order valence-corrected chi connectivity index (χ4v) is 2.23. The van der Waals surface area contributed by atoms with Crippen LogP contribution in [0, 0.1) is 24.6 Å². The van der Waals surface area contributed by atoms with E-state index in [4.69, 9.17) is 5.11 Å². The molecule has 0 radical (unpaired) electrons. The van der Waals surface area contributed by atoms with Gasteiger partial charge in [-0.15, -0.1) is 0 Å². The number of hydrogen-bond donors (Lipinski definition) is 1. The number of halogens is 1. The van der Waals surface area contributed by atoms with Crippen LogP contribution in [0.1, 0.15) is 16.7 Å². The first-order valence-electron chi connectivity index (χ1n) is 5.98. The minimum absolute atomic E-state index is 0.282. The Bertz CT molecular complexity index is 647. The van der Waals surface area contributed by atoms with Gasteiger partial charge in [0.2, 0.25) is 0 Å². The summed E-state index contributed by atoms with van der Waals surface area (Å²) in [5.41, 5.74) is 2.24. The van der Waals surface area contributed by atoms with Crippen molar-refractivity contribution in [2.75, 3.05) is 6.61 Å². The van der Waals surface area contributed by atoms with Crippen LogP contribution in [-0.2, 0) is 5.75 Å². The molecule has 2 rings (SSSR count). The molecule has 0 saturated carbocycles. The van der Waals surface area contributed by atoms with Crippen LogP contribution < -0.4 is 0 Å². The Balaban J connectivity index is 2.08. The highest BCUT2D eigenvalue weighted by Gasteiger charge is 2.03. The van der Waals surface area contributed by atoms with Crippen LogP contribution >= 0.6 is 11.8 Å². The molecule has 0 bridgehead atoms. The van der Waals surface area contributed by atoms with Crippen LogP contribution in [0.3, 0.4) is 0 Å². The minimum atomic E-state index is -0.383. The molecule has 0 unspecified atom stereocenters. The third-order valence-electron chi connectivity index (χ3n) is 2.46. The molecule has 1 aromatic heterocycles. The van der Waals surface area contributed by atoms with E-state index in [1.165, 1.54) is 17.8 Å². The summed E-state index contributed by atoms with van der Waals surface area (Å²) in [4.78, 5) is 8.40. The van der Waals surface area contributed by atoms with Crippen molar-refractivity contribution in [3.8, 4) is 11.8 Å². The van der Waals surface area contributed by atoms with Crippen molar-refractivity contribution in [2.24, 2.45) is 0 Å². The van der Waals surface area contributed by atoms with E-state index in [9.17, 15) is 4.39 Å². The Labute approximate surface area is 121 Å². The van der Waals surface area contributed by atoms with Crippen LogP contribution in [0.2, 0.25) is 0 Å². The minimum Gasteiger partial charge on any atom is -0.384 e. The molecule has 0 fully saturated rings. The van der Waals surface area contributed by atoms with Crippen molar-refractivity contribution in [1.82, 2.24) is 9.97 Å². The molecule has 5 heteroatoms. The van der Waals surface area contributed by atoms with Crippen molar-refractivity contribution >= 4 is 11.8 Å². The van der Waals surface area contributed by atoms with Gasteiger partial charge in [0, 0.05) is 18.1 Å². The number of rotatable bonds is 3. The largest absolute Gasteiger partial charge is 0.384 e. The van der Waals surface area contributed by atoms with Crippen LogP contribution in [0.25, 0.3) is 0 Å². The number of aryl methyl sites for hydroxylation is 1. The second-order valence-corrected chi connectivity index (χ2v) is 5.05. The molecule has 2 aromatic rings. The first kappa shape index (κ1) is 14.5. The van der Waals surface area contributed by atoms with Gasteiger partial charge >= 0.3 is 0 Å². The quantitative estimate of drug-likeness (QED) is 0.535. The SMILES string of the molecule is Cc1cnc(SCc2ccc(F)c(C#CCO)c2)nc1. The first-order valence-corrected chi connectivity index (χ1v) is 6.97. The highest BCUT2D eigenvalue weighted by atomic mass is 32.2. The highest BCUT2D eigenvalue weighted by Crippen LogP contribution is 2.20. The van der Waals surface area contributed by atoms with Gasteiger partial charge in [-0.25, -0.2) is 14.4 Å². The Hall–Kier alpha value is -1.90. The molecule has 0 amide bonds. The summed E-state index contributed by atoms with van der Waals surface area (Å²) in [7, 11) is 0. The third-order valence-corrected chi connectivity index (χ3v) is 3.40. The molecule has 20 heavy (non-hydrogen) atoms. The summed E-state index contributed by atoms with van der Waals surface area (Å²) in [5.74, 6) is 5.29. The van der Waals surface area contributed by atoms with Gasteiger partial charge < -0.3 is 5.11 Å². The molecule has 0 saturated heterocycles. The van der Waals surface area contributed by atoms with Gasteiger partial charge in [0.1, 0.15) is 12.4 Å². The summed E-state index contributed by atoms with van der Waals surface area (Å²) in [6.45, 7) is 1.65. The van der Waals surface area contributed by atoms with Crippen LogP contribution in [0.15, 0.2) is 35.7 Å².